The molecule has 0 amide bonds. The number of nitrogens with zero attached hydrogens (tertiary/aromatic N) is 2. The summed E-state index contributed by atoms with van der Waals surface area (Å²) in [4.78, 5) is 7.86. The Bertz CT molecular complexity index is 626. The van der Waals surface area contributed by atoms with Gasteiger partial charge in [-0.1, -0.05) is 34.8 Å². The molecule has 0 fully saturated rings. The maximum Gasteiger partial charge on any atom is 0.239 e. The summed E-state index contributed by atoms with van der Waals surface area (Å²) in [6, 6.07) is 2.98. The highest BCUT2D eigenvalue weighted by Crippen LogP contribution is 2.38. The quantitative estimate of drug-likeness (QED) is 0.470. The molecule has 9 heteroatoms. The molecule has 1 aromatic heterocycles. The second-order valence-corrected chi connectivity index (χ2v) is 5.30. The van der Waals surface area contributed by atoms with Crippen molar-refractivity contribution in [3.05, 3.63) is 38.0 Å². The summed E-state index contributed by atoms with van der Waals surface area (Å²) >= 11 is 21.0. The molecule has 0 atom stereocenters. The van der Waals surface area contributed by atoms with E-state index < -0.39 is 0 Å². The molecule has 0 unspecified atom stereocenters. The predicted octanol–water partition coefficient (Wildman–Crippen LogP) is 4.28. The van der Waals surface area contributed by atoms with Crippen LogP contribution < -0.4 is 16.0 Å². The van der Waals surface area contributed by atoms with Gasteiger partial charge < -0.3 is 10.2 Å². The summed E-state index contributed by atoms with van der Waals surface area (Å²) in [6.45, 7) is 0. The molecule has 1 aromatic carbocycles. The minimum atomic E-state index is 0.239. The zero-order chi connectivity index (χ0) is 14.0. The number of ether oxygens (including phenoxy) is 1. The number of anilines is 1. The van der Waals surface area contributed by atoms with Crippen LogP contribution in [0.15, 0.2) is 22.9 Å². The molecule has 2 rings (SSSR count). The molecule has 19 heavy (non-hydrogen) atoms. The van der Waals surface area contributed by atoms with E-state index in [0.717, 1.165) is 0 Å². The van der Waals surface area contributed by atoms with Gasteiger partial charge in [0.15, 0.2) is 5.82 Å². The van der Waals surface area contributed by atoms with Gasteiger partial charge in [0.25, 0.3) is 0 Å². The van der Waals surface area contributed by atoms with Gasteiger partial charge in [0.1, 0.15) is 16.5 Å². The summed E-state index contributed by atoms with van der Waals surface area (Å²) in [6.07, 6.45) is 1.29. The fourth-order valence-electron chi connectivity index (χ4n) is 1.21. The first kappa shape index (κ1) is 14.6. The smallest absolute Gasteiger partial charge is 0.239 e. The number of hydrogen-bond donors (Lipinski definition) is 2. The highest BCUT2D eigenvalue weighted by atomic mass is 79.9. The average Bonchev–Trinajstić information content (AvgIpc) is 2.38. The van der Waals surface area contributed by atoms with Crippen LogP contribution in [-0.4, -0.2) is 9.97 Å². The molecule has 0 aliphatic heterocycles. The molecule has 1 heterocycles. The van der Waals surface area contributed by atoms with Gasteiger partial charge >= 0.3 is 0 Å². The molecule has 100 valence electrons. The van der Waals surface area contributed by atoms with Crippen molar-refractivity contribution in [2.24, 2.45) is 5.84 Å². The highest BCUT2D eigenvalue weighted by molar-refractivity contribution is 9.10. The van der Waals surface area contributed by atoms with E-state index in [0.29, 0.717) is 31.1 Å². The second kappa shape index (κ2) is 6.11. The van der Waals surface area contributed by atoms with E-state index in [2.05, 4.69) is 31.3 Å². The van der Waals surface area contributed by atoms with Crippen molar-refractivity contribution in [2.45, 2.75) is 0 Å². The number of rotatable bonds is 3. The standard InChI is InChI=1S/C10H6BrCl3N4O/c11-8-9(18-15)16-3-17-10(8)19-7-2-5(13)4(12)1-6(7)14/h1-3H,15H2,(H,16,17,18). The lowest BCUT2D eigenvalue weighted by atomic mass is 10.3. The summed E-state index contributed by atoms with van der Waals surface area (Å²) in [5.41, 5.74) is 2.40. The van der Waals surface area contributed by atoms with Gasteiger partial charge in [0, 0.05) is 6.07 Å². The Labute approximate surface area is 132 Å². The summed E-state index contributed by atoms with van der Waals surface area (Å²) in [5.74, 6) is 6.23. The lowest BCUT2D eigenvalue weighted by Crippen LogP contribution is -2.09. The molecule has 0 aliphatic carbocycles. The molecule has 0 bridgehead atoms. The number of nitrogens with one attached hydrogen (secondary N) is 1. The third kappa shape index (κ3) is 3.21. The molecular formula is C10H6BrCl3N4O. The van der Waals surface area contributed by atoms with Crippen molar-refractivity contribution in [3.63, 3.8) is 0 Å². The van der Waals surface area contributed by atoms with Gasteiger partial charge in [0.05, 0.1) is 15.1 Å². The molecule has 0 saturated carbocycles. The first-order chi connectivity index (χ1) is 9.02. The SMILES string of the molecule is NNc1ncnc(Oc2cc(Cl)c(Cl)cc2Cl)c1Br. The zero-order valence-electron chi connectivity index (χ0n) is 9.12. The van der Waals surface area contributed by atoms with Crippen LogP contribution in [-0.2, 0) is 0 Å². The molecule has 0 aliphatic rings. The average molecular weight is 384 g/mol. The van der Waals surface area contributed by atoms with Crippen molar-refractivity contribution >= 4 is 56.6 Å². The number of hydrazine groups is 1. The Hall–Kier alpha value is -0.790. The van der Waals surface area contributed by atoms with Crippen LogP contribution >= 0.6 is 50.7 Å². The Morgan fingerprint density at radius 3 is 2.47 bits per heavy atom. The normalized spacial score (nSPS) is 10.4. The van der Waals surface area contributed by atoms with Crippen molar-refractivity contribution in [3.8, 4) is 11.6 Å². The van der Waals surface area contributed by atoms with Crippen LogP contribution in [0.25, 0.3) is 0 Å². The van der Waals surface area contributed by atoms with Gasteiger partial charge in [-0.25, -0.2) is 15.8 Å². The number of nitrogens with two attached hydrogens (primary N) is 1. The number of aromatic nitrogens is 2. The van der Waals surface area contributed by atoms with Crippen LogP contribution in [0, 0.1) is 0 Å². The third-order valence-electron chi connectivity index (χ3n) is 2.08. The summed E-state index contributed by atoms with van der Waals surface area (Å²) in [5, 5.41) is 0.968. The van der Waals surface area contributed by atoms with Crippen LogP contribution in [0.3, 0.4) is 0 Å². The van der Waals surface area contributed by atoms with Crippen molar-refractivity contribution in [1.82, 2.24) is 9.97 Å². The molecular weight excluding hydrogens is 378 g/mol. The van der Waals surface area contributed by atoms with E-state index in [9.17, 15) is 0 Å². The van der Waals surface area contributed by atoms with Gasteiger partial charge in [-0.05, 0) is 22.0 Å². The van der Waals surface area contributed by atoms with E-state index in [1.165, 1.54) is 18.5 Å². The fourth-order valence-corrected chi connectivity index (χ4v) is 2.19. The minimum Gasteiger partial charge on any atom is -0.436 e. The van der Waals surface area contributed by atoms with E-state index in [1.54, 1.807) is 0 Å². The van der Waals surface area contributed by atoms with Gasteiger partial charge in [-0.15, -0.1) is 0 Å². The van der Waals surface area contributed by atoms with Gasteiger partial charge in [-0.2, -0.15) is 0 Å². The van der Waals surface area contributed by atoms with Gasteiger partial charge in [-0.3, -0.25) is 0 Å². The van der Waals surface area contributed by atoms with Crippen molar-refractivity contribution < 1.29 is 4.74 Å². The Morgan fingerprint density at radius 1 is 1.11 bits per heavy atom. The Morgan fingerprint density at radius 2 is 1.79 bits per heavy atom. The lowest BCUT2D eigenvalue weighted by Gasteiger charge is -2.10. The molecule has 2 aromatic rings. The predicted molar refractivity (Wildman–Crippen MR) is 79.1 cm³/mol. The second-order valence-electron chi connectivity index (χ2n) is 3.28. The van der Waals surface area contributed by atoms with Crippen molar-refractivity contribution in [2.75, 3.05) is 5.43 Å². The van der Waals surface area contributed by atoms with Crippen LogP contribution in [0.2, 0.25) is 15.1 Å². The molecule has 3 N–H and O–H groups in total. The topological polar surface area (TPSA) is 73.1 Å². The Balaban J connectivity index is 2.39. The Kier molecular flexibility index (Phi) is 4.70. The number of benzene rings is 1. The zero-order valence-corrected chi connectivity index (χ0v) is 13.0. The van der Waals surface area contributed by atoms with E-state index in [1.807, 2.05) is 0 Å². The minimum absolute atomic E-state index is 0.239. The lowest BCUT2D eigenvalue weighted by molar-refractivity contribution is 0.459. The molecule has 5 nitrogen and oxygen atoms in total. The number of nitrogen functional groups attached to an aromatic ring is 1. The van der Waals surface area contributed by atoms with E-state index >= 15 is 0 Å². The molecule has 0 radical (unpaired) electrons. The van der Waals surface area contributed by atoms with E-state index in [-0.39, 0.29) is 5.88 Å². The summed E-state index contributed by atoms with van der Waals surface area (Å²) in [7, 11) is 0. The van der Waals surface area contributed by atoms with Crippen LogP contribution in [0.1, 0.15) is 0 Å². The van der Waals surface area contributed by atoms with Crippen LogP contribution in [0.4, 0.5) is 5.82 Å². The molecule has 0 saturated heterocycles. The van der Waals surface area contributed by atoms with Gasteiger partial charge in [0.2, 0.25) is 5.88 Å². The largest absolute Gasteiger partial charge is 0.436 e. The highest BCUT2D eigenvalue weighted by Gasteiger charge is 2.13. The first-order valence-corrected chi connectivity index (χ1v) is 6.75. The number of hydrogen-bond acceptors (Lipinski definition) is 5. The first-order valence-electron chi connectivity index (χ1n) is 4.82. The van der Waals surface area contributed by atoms with Crippen LogP contribution in [0.5, 0.6) is 11.6 Å². The summed E-state index contributed by atoms with van der Waals surface area (Å²) < 4.78 is 6.01. The van der Waals surface area contributed by atoms with E-state index in [4.69, 9.17) is 45.4 Å². The maximum absolute atomic E-state index is 6.01. The maximum atomic E-state index is 6.01. The third-order valence-corrected chi connectivity index (χ3v) is 3.81. The van der Waals surface area contributed by atoms with Crippen molar-refractivity contribution in [1.29, 1.82) is 0 Å². The molecule has 0 spiro atoms. The fraction of sp³-hybridized carbons (Fsp3) is 0. The number of halogens is 4. The monoisotopic (exact) mass is 382 g/mol.